The molecule has 2 unspecified atom stereocenters. The molecule has 0 aliphatic rings. The van der Waals surface area contributed by atoms with E-state index in [9.17, 15) is 4.79 Å². The van der Waals surface area contributed by atoms with Gasteiger partial charge in [-0.05, 0) is 19.3 Å². The Bertz CT molecular complexity index is 237. The highest BCUT2D eigenvalue weighted by molar-refractivity contribution is 6.16. The van der Waals surface area contributed by atoms with Crippen LogP contribution in [0.5, 0.6) is 0 Å². The molecule has 0 aliphatic heterocycles. The van der Waals surface area contributed by atoms with Gasteiger partial charge in [-0.2, -0.15) is 0 Å². The van der Waals surface area contributed by atoms with Gasteiger partial charge in [0.1, 0.15) is 7.85 Å². The minimum atomic E-state index is -0.0630. The van der Waals surface area contributed by atoms with Crippen LogP contribution in [-0.4, -0.2) is 19.2 Å². The average Bonchev–Trinajstić information content (AvgIpc) is 2.30. The molecular formula is C15H32BNO. The van der Waals surface area contributed by atoms with E-state index in [-0.39, 0.29) is 17.3 Å². The van der Waals surface area contributed by atoms with Crippen molar-refractivity contribution in [2.45, 2.75) is 78.6 Å². The zero-order chi connectivity index (χ0) is 14.2. The van der Waals surface area contributed by atoms with E-state index in [4.69, 9.17) is 0 Å². The van der Waals surface area contributed by atoms with E-state index < -0.39 is 0 Å². The minimum Gasteiger partial charge on any atom is -0.358 e. The highest BCUT2D eigenvalue weighted by Gasteiger charge is 2.26. The lowest BCUT2D eigenvalue weighted by Crippen LogP contribution is -2.49. The summed E-state index contributed by atoms with van der Waals surface area (Å²) < 4.78 is 0. The molecule has 106 valence electrons. The standard InChI is InChI=1S/C15H32BNO/c1-6-9-10-11-15(5,16)17-14(18)12(4)13(7-2)8-3/h12-13H,6-11,16H2,1-5H3,(H,17,18). The maximum absolute atomic E-state index is 12.2. The molecule has 0 heterocycles. The van der Waals surface area contributed by atoms with Crippen LogP contribution in [0.1, 0.15) is 73.1 Å². The first kappa shape index (κ1) is 17.5. The fourth-order valence-electron chi connectivity index (χ4n) is 2.54. The lowest BCUT2D eigenvalue weighted by Gasteiger charge is -2.30. The van der Waals surface area contributed by atoms with Crippen LogP contribution in [-0.2, 0) is 4.79 Å². The van der Waals surface area contributed by atoms with Crippen LogP contribution in [0, 0.1) is 11.8 Å². The molecule has 2 atom stereocenters. The van der Waals surface area contributed by atoms with E-state index in [0.717, 1.165) is 19.3 Å². The van der Waals surface area contributed by atoms with E-state index in [2.05, 4.69) is 47.8 Å². The van der Waals surface area contributed by atoms with Crippen molar-refractivity contribution in [3.05, 3.63) is 0 Å². The van der Waals surface area contributed by atoms with Crippen molar-refractivity contribution in [1.29, 1.82) is 0 Å². The summed E-state index contributed by atoms with van der Waals surface area (Å²) in [5, 5.41) is 3.23. The first-order valence-corrected chi connectivity index (χ1v) is 7.69. The van der Waals surface area contributed by atoms with Gasteiger partial charge in [0.15, 0.2) is 0 Å². The molecule has 0 radical (unpaired) electrons. The Balaban J connectivity index is 4.26. The molecule has 0 aromatic rings. The van der Waals surface area contributed by atoms with Crippen molar-refractivity contribution in [3.8, 4) is 0 Å². The second kappa shape index (κ2) is 8.60. The summed E-state index contributed by atoms with van der Waals surface area (Å²) in [6.07, 6.45) is 6.92. The quantitative estimate of drug-likeness (QED) is 0.496. The summed E-state index contributed by atoms with van der Waals surface area (Å²) in [4.78, 5) is 12.2. The van der Waals surface area contributed by atoms with E-state index in [1.165, 1.54) is 19.3 Å². The number of amides is 1. The van der Waals surface area contributed by atoms with Gasteiger partial charge in [-0.3, -0.25) is 4.79 Å². The molecule has 0 bridgehead atoms. The van der Waals surface area contributed by atoms with Crippen LogP contribution >= 0.6 is 0 Å². The summed E-state index contributed by atoms with van der Waals surface area (Å²) in [6, 6.07) is 0. The zero-order valence-electron chi connectivity index (χ0n) is 13.3. The summed E-state index contributed by atoms with van der Waals surface area (Å²) in [7, 11) is 2.14. The number of nitrogens with one attached hydrogen (secondary N) is 1. The molecular weight excluding hydrogens is 221 g/mol. The van der Waals surface area contributed by atoms with E-state index in [1.54, 1.807) is 0 Å². The summed E-state index contributed by atoms with van der Waals surface area (Å²) in [6.45, 7) is 10.8. The summed E-state index contributed by atoms with van der Waals surface area (Å²) in [5.41, 5.74) is -0.0630. The second-order valence-electron chi connectivity index (χ2n) is 6.20. The molecule has 2 nitrogen and oxygen atoms in total. The van der Waals surface area contributed by atoms with Crippen LogP contribution in [0.3, 0.4) is 0 Å². The molecule has 0 aromatic carbocycles. The number of rotatable bonds is 9. The van der Waals surface area contributed by atoms with Crippen LogP contribution in [0.25, 0.3) is 0 Å². The Morgan fingerprint density at radius 2 is 1.78 bits per heavy atom. The highest BCUT2D eigenvalue weighted by atomic mass is 16.2. The minimum absolute atomic E-state index is 0.0630. The van der Waals surface area contributed by atoms with Gasteiger partial charge < -0.3 is 5.32 Å². The third-order valence-electron chi connectivity index (χ3n) is 4.04. The molecule has 0 aliphatic carbocycles. The van der Waals surface area contributed by atoms with Gasteiger partial charge in [0.2, 0.25) is 5.91 Å². The van der Waals surface area contributed by atoms with Crippen molar-refractivity contribution in [2.75, 3.05) is 0 Å². The van der Waals surface area contributed by atoms with Crippen LogP contribution in [0.2, 0.25) is 0 Å². The van der Waals surface area contributed by atoms with E-state index in [0.29, 0.717) is 5.92 Å². The number of carbonyl (C=O) groups is 1. The second-order valence-corrected chi connectivity index (χ2v) is 6.20. The molecule has 18 heavy (non-hydrogen) atoms. The third-order valence-corrected chi connectivity index (χ3v) is 4.04. The van der Waals surface area contributed by atoms with Gasteiger partial charge in [0, 0.05) is 11.4 Å². The van der Waals surface area contributed by atoms with Gasteiger partial charge >= 0.3 is 0 Å². The Hall–Kier alpha value is -0.465. The van der Waals surface area contributed by atoms with Crippen LogP contribution < -0.4 is 5.32 Å². The first-order chi connectivity index (χ1) is 8.37. The maximum Gasteiger partial charge on any atom is 0.222 e. The Labute approximate surface area is 115 Å². The maximum atomic E-state index is 12.2. The van der Waals surface area contributed by atoms with Crippen molar-refractivity contribution in [2.24, 2.45) is 11.8 Å². The Morgan fingerprint density at radius 3 is 2.22 bits per heavy atom. The SMILES string of the molecule is BC(C)(CCCCC)NC(=O)C(C)C(CC)CC. The van der Waals surface area contributed by atoms with Gasteiger partial charge in [-0.1, -0.05) is 59.8 Å². The first-order valence-electron chi connectivity index (χ1n) is 7.69. The van der Waals surface area contributed by atoms with Gasteiger partial charge in [0.05, 0.1) is 0 Å². The number of hydrogen-bond donors (Lipinski definition) is 1. The van der Waals surface area contributed by atoms with E-state index >= 15 is 0 Å². The molecule has 1 amide bonds. The van der Waals surface area contributed by atoms with Crippen LogP contribution in [0.15, 0.2) is 0 Å². The number of carbonyl (C=O) groups excluding carboxylic acids is 1. The largest absolute Gasteiger partial charge is 0.358 e. The van der Waals surface area contributed by atoms with Crippen LogP contribution in [0.4, 0.5) is 0 Å². The van der Waals surface area contributed by atoms with Crippen molar-refractivity contribution in [3.63, 3.8) is 0 Å². The van der Waals surface area contributed by atoms with Gasteiger partial charge in [-0.15, -0.1) is 0 Å². The monoisotopic (exact) mass is 253 g/mol. The molecule has 0 rings (SSSR count). The Kier molecular flexibility index (Phi) is 8.38. The summed E-state index contributed by atoms with van der Waals surface area (Å²) in [5.74, 6) is 0.868. The topological polar surface area (TPSA) is 29.1 Å². The smallest absolute Gasteiger partial charge is 0.222 e. The van der Waals surface area contributed by atoms with Crippen molar-refractivity contribution >= 4 is 13.8 Å². The lowest BCUT2D eigenvalue weighted by molar-refractivity contribution is -0.127. The fraction of sp³-hybridized carbons (Fsp3) is 0.933. The lowest BCUT2D eigenvalue weighted by atomic mass is 9.74. The number of unbranched alkanes of at least 4 members (excludes halogenated alkanes) is 2. The normalized spacial score (nSPS) is 16.3. The predicted molar refractivity (Wildman–Crippen MR) is 82.5 cm³/mol. The molecule has 1 N–H and O–H groups in total. The molecule has 0 saturated carbocycles. The zero-order valence-corrected chi connectivity index (χ0v) is 13.3. The van der Waals surface area contributed by atoms with Gasteiger partial charge in [0.25, 0.3) is 0 Å². The third kappa shape index (κ3) is 6.46. The van der Waals surface area contributed by atoms with Crippen molar-refractivity contribution < 1.29 is 4.79 Å². The van der Waals surface area contributed by atoms with Gasteiger partial charge in [-0.25, -0.2) is 0 Å². The fourth-order valence-corrected chi connectivity index (χ4v) is 2.54. The Morgan fingerprint density at radius 1 is 1.22 bits per heavy atom. The molecule has 0 fully saturated rings. The molecule has 0 saturated heterocycles. The van der Waals surface area contributed by atoms with E-state index in [1.807, 2.05) is 0 Å². The highest BCUT2D eigenvalue weighted by Crippen LogP contribution is 2.20. The average molecular weight is 253 g/mol. The summed E-state index contributed by atoms with van der Waals surface area (Å²) >= 11 is 0. The molecule has 3 heteroatoms. The molecule has 0 spiro atoms. The predicted octanol–water partition coefficient (Wildman–Crippen LogP) is 3.10. The number of hydrogen-bond acceptors (Lipinski definition) is 1. The molecule has 0 aromatic heterocycles. The van der Waals surface area contributed by atoms with Crippen molar-refractivity contribution in [1.82, 2.24) is 5.32 Å².